The van der Waals surface area contributed by atoms with Crippen molar-refractivity contribution in [2.45, 2.75) is 24.7 Å². The molecule has 9 heteroatoms. The Kier molecular flexibility index (Phi) is 5.17. The molecule has 1 heterocycles. The number of hydrogen-bond acceptors (Lipinski definition) is 5. The Morgan fingerprint density at radius 1 is 1.32 bits per heavy atom. The third-order valence-corrected chi connectivity index (χ3v) is 3.81. The fraction of sp³-hybridized carbons (Fsp3) is 0.385. The molecule has 2 aromatic rings. The fourth-order valence-electron chi connectivity index (χ4n) is 1.62. The number of nitrogen functional groups attached to an aromatic ring is 1. The maximum atomic E-state index is 12.6. The Labute approximate surface area is 129 Å². The molecule has 0 bridgehead atoms. The average Bonchev–Trinajstić information content (AvgIpc) is 2.78. The number of aryl methyl sites for hydroxylation is 1. The van der Waals surface area contributed by atoms with E-state index in [-0.39, 0.29) is 5.75 Å². The second-order valence-corrected chi connectivity index (χ2v) is 5.54. The van der Waals surface area contributed by atoms with Gasteiger partial charge in [0.15, 0.2) is 0 Å². The summed E-state index contributed by atoms with van der Waals surface area (Å²) in [4.78, 5) is 0. The Balaban J connectivity index is 1.76. The largest absolute Gasteiger partial charge is 0.494 e. The molecule has 0 fully saturated rings. The molecule has 0 amide bonds. The van der Waals surface area contributed by atoms with Gasteiger partial charge in [0.25, 0.3) is 0 Å². The number of alkyl halides is 3. The van der Waals surface area contributed by atoms with Crippen molar-refractivity contribution in [3.63, 3.8) is 0 Å². The monoisotopic (exact) mass is 332 g/mol. The average molecular weight is 332 g/mol. The van der Waals surface area contributed by atoms with Crippen molar-refractivity contribution in [2.24, 2.45) is 0 Å². The zero-order valence-corrected chi connectivity index (χ0v) is 12.6. The van der Waals surface area contributed by atoms with E-state index in [2.05, 4.69) is 10.2 Å². The van der Waals surface area contributed by atoms with Crippen LogP contribution in [0.25, 0.3) is 0 Å². The minimum Gasteiger partial charge on any atom is -0.494 e. The van der Waals surface area contributed by atoms with Crippen molar-refractivity contribution >= 4 is 11.8 Å². The molecule has 2 rings (SSSR count). The Morgan fingerprint density at radius 2 is 2.09 bits per heavy atom. The SMILES string of the molecule is Cc1nnc(SCCCOc2cccc(C(F)(F)F)c2)n1N. The van der Waals surface area contributed by atoms with E-state index in [1.807, 2.05) is 0 Å². The maximum Gasteiger partial charge on any atom is 0.416 e. The van der Waals surface area contributed by atoms with Gasteiger partial charge in [0.1, 0.15) is 11.6 Å². The zero-order chi connectivity index (χ0) is 16.2. The lowest BCUT2D eigenvalue weighted by atomic mass is 10.2. The van der Waals surface area contributed by atoms with Crippen molar-refractivity contribution in [3.05, 3.63) is 35.7 Å². The minimum atomic E-state index is -4.36. The second-order valence-electron chi connectivity index (χ2n) is 4.48. The number of nitrogens with zero attached hydrogens (tertiary/aromatic N) is 3. The number of rotatable bonds is 6. The van der Waals surface area contributed by atoms with Crippen LogP contribution in [0.5, 0.6) is 5.75 Å². The van der Waals surface area contributed by atoms with Gasteiger partial charge in [0.2, 0.25) is 5.16 Å². The molecule has 1 aromatic heterocycles. The van der Waals surface area contributed by atoms with Crippen LogP contribution in [0.1, 0.15) is 17.8 Å². The number of halogens is 3. The van der Waals surface area contributed by atoms with Gasteiger partial charge in [-0.2, -0.15) is 13.2 Å². The topological polar surface area (TPSA) is 66.0 Å². The maximum absolute atomic E-state index is 12.6. The van der Waals surface area contributed by atoms with Crippen molar-refractivity contribution in [2.75, 3.05) is 18.2 Å². The van der Waals surface area contributed by atoms with Crippen LogP contribution in [-0.2, 0) is 6.18 Å². The molecule has 2 N–H and O–H groups in total. The van der Waals surface area contributed by atoms with Crippen molar-refractivity contribution < 1.29 is 17.9 Å². The molecular weight excluding hydrogens is 317 g/mol. The molecule has 0 aliphatic carbocycles. The highest BCUT2D eigenvalue weighted by Crippen LogP contribution is 2.31. The lowest BCUT2D eigenvalue weighted by molar-refractivity contribution is -0.137. The van der Waals surface area contributed by atoms with E-state index in [9.17, 15) is 13.2 Å². The van der Waals surface area contributed by atoms with Crippen LogP contribution in [0.15, 0.2) is 29.4 Å². The predicted molar refractivity (Wildman–Crippen MR) is 77.2 cm³/mol. The molecule has 5 nitrogen and oxygen atoms in total. The van der Waals surface area contributed by atoms with E-state index >= 15 is 0 Å². The normalized spacial score (nSPS) is 11.6. The van der Waals surface area contributed by atoms with Crippen molar-refractivity contribution in [1.29, 1.82) is 0 Å². The minimum absolute atomic E-state index is 0.206. The van der Waals surface area contributed by atoms with E-state index in [1.165, 1.54) is 28.6 Å². The van der Waals surface area contributed by atoms with Crippen molar-refractivity contribution in [1.82, 2.24) is 14.9 Å². The molecule has 0 spiro atoms. The molecule has 0 atom stereocenters. The van der Waals surface area contributed by atoms with Gasteiger partial charge in [0, 0.05) is 5.75 Å². The highest BCUT2D eigenvalue weighted by molar-refractivity contribution is 7.99. The first-order valence-corrected chi connectivity index (χ1v) is 7.46. The summed E-state index contributed by atoms with van der Waals surface area (Å²) in [5, 5.41) is 8.31. The van der Waals surface area contributed by atoms with Crippen LogP contribution in [0.4, 0.5) is 13.2 Å². The Morgan fingerprint density at radius 3 is 2.73 bits per heavy atom. The van der Waals surface area contributed by atoms with Crippen LogP contribution in [0.3, 0.4) is 0 Å². The summed E-state index contributed by atoms with van der Waals surface area (Å²) in [7, 11) is 0. The lowest BCUT2D eigenvalue weighted by Crippen LogP contribution is -2.11. The molecule has 0 radical (unpaired) electrons. The van der Waals surface area contributed by atoms with E-state index in [1.54, 1.807) is 6.92 Å². The second kappa shape index (κ2) is 6.91. The van der Waals surface area contributed by atoms with Gasteiger partial charge in [-0.15, -0.1) is 10.2 Å². The summed E-state index contributed by atoms with van der Waals surface area (Å²) < 4.78 is 44.4. The number of nitrogens with two attached hydrogens (primary N) is 1. The van der Waals surface area contributed by atoms with Gasteiger partial charge in [0.05, 0.1) is 12.2 Å². The van der Waals surface area contributed by atoms with Crippen molar-refractivity contribution in [3.8, 4) is 5.75 Å². The van der Waals surface area contributed by atoms with Gasteiger partial charge in [-0.05, 0) is 31.5 Å². The van der Waals surface area contributed by atoms with Crippen LogP contribution in [0, 0.1) is 6.92 Å². The molecule has 0 saturated heterocycles. The standard InChI is InChI=1S/C13H15F3N4OS/c1-9-18-19-12(20(9)17)22-7-3-6-21-11-5-2-4-10(8-11)13(14,15)16/h2,4-5,8H,3,6-7,17H2,1H3. The van der Waals surface area contributed by atoms with Gasteiger partial charge in [-0.25, -0.2) is 4.68 Å². The number of thioether (sulfide) groups is 1. The fourth-order valence-corrected chi connectivity index (χ4v) is 2.44. The summed E-state index contributed by atoms with van der Waals surface area (Å²) in [6.07, 6.45) is -3.72. The van der Waals surface area contributed by atoms with E-state index < -0.39 is 11.7 Å². The molecule has 0 aliphatic rings. The van der Waals surface area contributed by atoms with Gasteiger partial charge in [-0.1, -0.05) is 17.8 Å². The molecule has 22 heavy (non-hydrogen) atoms. The lowest BCUT2D eigenvalue weighted by Gasteiger charge is -2.10. The number of hydrogen-bond donors (Lipinski definition) is 1. The molecule has 120 valence electrons. The van der Waals surface area contributed by atoms with E-state index in [0.29, 0.717) is 29.8 Å². The summed E-state index contributed by atoms with van der Waals surface area (Å²) in [6.45, 7) is 2.06. The first-order valence-electron chi connectivity index (χ1n) is 6.48. The van der Waals surface area contributed by atoms with Gasteiger partial charge in [-0.3, -0.25) is 0 Å². The molecule has 0 saturated carbocycles. The quantitative estimate of drug-likeness (QED) is 0.500. The smallest absolute Gasteiger partial charge is 0.416 e. The predicted octanol–water partition coefficient (Wildman–Crippen LogP) is 2.88. The van der Waals surface area contributed by atoms with Gasteiger partial charge >= 0.3 is 6.18 Å². The molecule has 0 aliphatic heterocycles. The van der Waals surface area contributed by atoms with Crippen LogP contribution in [-0.4, -0.2) is 27.2 Å². The summed E-state index contributed by atoms with van der Waals surface area (Å²) in [5.41, 5.74) is -0.717. The summed E-state index contributed by atoms with van der Waals surface area (Å²) in [6, 6.07) is 4.83. The Hall–Kier alpha value is -1.90. The van der Waals surface area contributed by atoms with Crippen LogP contribution >= 0.6 is 11.8 Å². The first kappa shape index (κ1) is 16.5. The summed E-state index contributed by atoms with van der Waals surface area (Å²) >= 11 is 1.41. The molecule has 0 unspecified atom stereocenters. The summed E-state index contributed by atoms with van der Waals surface area (Å²) in [5.74, 6) is 7.19. The Bertz CT molecular complexity index is 630. The third kappa shape index (κ3) is 4.30. The number of aromatic nitrogens is 3. The number of benzene rings is 1. The van der Waals surface area contributed by atoms with Crippen LogP contribution < -0.4 is 10.6 Å². The number of ether oxygens (including phenoxy) is 1. The highest BCUT2D eigenvalue weighted by atomic mass is 32.2. The molecular formula is C13H15F3N4OS. The highest BCUT2D eigenvalue weighted by Gasteiger charge is 2.30. The third-order valence-electron chi connectivity index (χ3n) is 2.78. The molecule has 1 aromatic carbocycles. The van der Waals surface area contributed by atoms with E-state index in [0.717, 1.165) is 12.1 Å². The van der Waals surface area contributed by atoms with Gasteiger partial charge < -0.3 is 10.6 Å². The van der Waals surface area contributed by atoms with Crippen LogP contribution in [0.2, 0.25) is 0 Å². The first-order chi connectivity index (χ1) is 10.4. The zero-order valence-electron chi connectivity index (χ0n) is 11.8. The van der Waals surface area contributed by atoms with E-state index in [4.69, 9.17) is 10.6 Å².